The second-order valence-corrected chi connectivity index (χ2v) is 7.98. The zero-order valence-electron chi connectivity index (χ0n) is 15.8. The van der Waals surface area contributed by atoms with E-state index in [-0.39, 0.29) is 12.6 Å². The van der Waals surface area contributed by atoms with Crippen LogP contribution in [0.1, 0.15) is 58.1 Å². The van der Waals surface area contributed by atoms with Gasteiger partial charge in [0.1, 0.15) is 11.5 Å². The highest BCUT2D eigenvalue weighted by Crippen LogP contribution is 2.29. The predicted molar refractivity (Wildman–Crippen MR) is 102 cm³/mol. The Balaban J connectivity index is 1.75. The first-order valence-corrected chi connectivity index (χ1v) is 9.71. The van der Waals surface area contributed by atoms with Gasteiger partial charge in [-0.05, 0) is 50.4 Å². The molecule has 1 fully saturated rings. The standard InChI is InChI=1S/C20H32N4O/c1-14(2)10-15-6-4-9-17(22-19(15)13-25)18-11-21-12-20(23-18)24(3)16-7-5-8-16/h9,11-12,14-16,19,22,25H,4-8,10,13H2,1-3H3. The topological polar surface area (TPSA) is 61.3 Å². The van der Waals surface area contributed by atoms with Crippen molar-refractivity contribution in [1.82, 2.24) is 15.3 Å². The van der Waals surface area contributed by atoms with Crippen LogP contribution in [-0.2, 0) is 0 Å². The SMILES string of the molecule is CC(C)CC1CCC=C(c2cncc(N(C)C3CCC3)n2)NC1CO. The van der Waals surface area contributed by atoms with Gasteiger partial charge in [0, 0.05) is 13.1 Å². The van der Waals surface area contributed by atoms with Crippen molar-refractivity contribution in [3.05, 3.63) is 24.2 Å². The molecule has 3 rings (SSSR count). The van der Waals surface area contributed by atoms with Gasteiger partial charge < -0.3 is 15.3 Å². The maximum atomic E-state index is 9.89. The average Bonchev–Trinajstić information content (AvgIpc) is 2.75. The van der Waals surface area contributed by atoms with E-state index in [0.717, 1.165) is 36.5 Å². The van der Waals surface area contributed by atoms with Crippen molar-refractivity contribution >= 4 is 11.5 Å². The number of hydrogen-bond acceptors (Lipinski definition) is 5. The number of anilines is 1. The first kappa shape index (κ1) is 18.2. The molecule has 1 aromatic heterocycles. The van der Waals surface area contributed by atoms with Crippen LogP contribution in [0.4, 0.5) is 5.82 Å². The number of hydrogen-bond donors (Lipinski definition) is 2. The smallest absolute Gasteiger partial charge is 0.147 e. The summed E-state index contributed by atoms with van der Waals surface area (Å²) in [5.41, 5.74) is 1.90. The second-order valence-electron chi connectivity index (χ2n) is 7.98. The van der Waals surface area contributed by atoms with Crippen molar-refractivity contribution in [2.75, 3.05) is 18.6 Å². The number of nitrogens with one attached hydrogen (secondary N) is 1. The fourth-order valence-corrected chi connectivity index (χ4v) is 3.90. The molecule has 0 bridgehead atoms. The summed E-state index contributed by atoms with van der Waals surface area (Å²) in [5.74, 6) is 2.07. The Hall–Kier alpha value is -1.62. The van der Waals surface area contributed by atoms with Crippen LogP contribution in [0.25, 0.3) is 5.70 Å². The summed E-state index contributed by atoms with van der Waals surface area (Å²) < 4.78 is 0. The average molecular weight is 345 g/mol. The van der Waals surface area contributed by atoms with Gasteiger partial charge in [-0.1, -0.05) is 19.9 Å². The Morgan fingerprint density at radius 3 is 2.72 bits per heavy atom. The fraction of sp³-hybridized carbons (Fsp3) is 0.700. The van der Waals surface area contributed by atoms with E-state index in [4.69, 9.17) is 4.98 Å². The second kappa shape index (κ2) is 8.17. The van der Waals surface area contributed by atoms with E-state index in [0.29, 0.717) is 17.9 Å². The van der Waals surface area contributed by atoms with Crippen LogP contribution < -0.4 is 10.2 Å². The van der Waals surface area contributed by atoms with E-state index in [1.54, 1.807) is 0 Å². The normalized spacial score (nSPS) is 24.3. The van der Waals surface area contributed by atoms with Gasteiger partial charge >= 0.3 is 0 Å². The lowest BCUT2D eigenvalue weighted by Gasteiger charge is -2.35. The number of allylic oxidation sites excluding steroid dienone is 1. The van der Waals surface area contributed by atoms with Gasteiger partial charge in [0.2, 0.25) is 0 Å². The van der Waals surface area contributed by atoms with Crippen molar-refractivity contribution < 1.29 is 5.11 Å². The Bertz CT molecular complexity index is 597. The summed E-state index contributed by atoms with van der Waals surface area (Å²) in [6.45, 7) is 4.65. The van der Waals surface area contributed by atoms with E-state index in [2.05, 4.69) is 42.2 Å². The number of aliphatic hydroxyl groups excluding tert-OH is 1. The molecule has 1 saturated carbocycles. The molecular formula is C20H32N4O. The van der Waals surface area contributed by atoms with Gasteiger partial charge in [0.25, 0.3) is 0 Å². The van der Waals surface area contributed by atoms with Gasteiger partial charge in [-0.15, -0.1) is 0 Å². The molecule has 1 aliphatic heterocycles. The Kier molecular flexibility index (Phi) is 5.94. The molecule has 0 aromatic carbocycles. The molecule has 1 aliphatic carbocycles. The number of aromatic nitrogens is 2. The van der Waals surface area contributed by atoms with Crippen molar-refractivity contribution in [3.8, 4) is 0 Å². The van der Waals surface area contributed by atoms with E-state index in [1.807, 2.05) is 12.4 Å². The van der Waals surface area contributed by atoms with Crippen molar-refractivity contribution in [2.24, 2.45) is 11.8 Å². The Morgan fingerprint density at radius 2 is 2.08 bits per heavy atom. The van der Waals surface area contributed by atoms with Crippen LogP contribution in [0.5, 0.6) is 0 Å². The monoisotopic (exact) mass is 344 g/mol. The highest BCUT2D eigenvalue weighted by atomic mass is 16.3. The molecule has 0 radical (unpaired) electrons. The first-order valence-electron chi connectivity index (χ1n) is 9.71. The molecular weight excluding hydrogens is 312 g/mol. The molecule has 25 heavy (non-hydrogen) atoms. The minimum absolute atomic E-state index is 0.0889. The van der Waals surface area contributed by atoms with E-state index in [9.17, 15) is 5.11 Å². The maximum Gasteiger partial charge on any atom is 0.147 e. The zero-order valence-corrected chi connectivity index (χ0v) is 15.8. The maximum absolute atomic E-state index is 9.89. The first-order chi connectivity index (χ1) is 12.1. The lowest BCUT2D eigenvalue weighted by Crippen LogP contribution is -2.39. The molecule has 0 amide bonds. The highest BCUT2D eigenvalue weighted by Gasteiger charge is 2.26. The van der Waals surface area contributed by atoms with E-state index < -0.39 is 0 Å². The van der Waals surface area contributed by atoms with Gasteiger partial charge in [0.15, 0.2) is 0 Å². The molecule has 2 N–H and O–H groups in total. The highest BCUT2D eigenvalue weighted by molar-refractivity contribution is 5.62. The van der Waals surface area contributed by atoms with Gasteiger partial charge in [-0.3, -0.25) is 4.98 Å². The summed E-state index contributed by atoms with van der Waals surface area (Å²) in [6, 6.07) is 0.687. The zero-order chi connectivity index (χ0) is 17.8. The molecule has 1 aromatic rings. The summed E-state index contributed by atoms with van der Waals surface area (Å²) in [4.78, 5) is 11.5. The Morgan fingerprint density at radius 1 is 1.28 bits per heavy atom. The molecule has 2 aliphatic rings. The predicted octanol–water partition coefficient (Wildman–Crippen LogP) is 3.21. The van der Waals surface area contributed by atoms with Crippen LogP contribution in [0.2, 0.25) is 0 Å². The van der Waals surface area contributed by atoms with Crippen LogP contribution in [-0.4, -0.2) is 40.8 Å². The third kappa shape index (κ3) is 4.32. The lowest BCUT2D eigenvalue weighted by atomic mass is 9.87. The molecule has 2 unspecified atom stereocenters. The summed E-state index contributed by atoms with van der Waals surface area (Å²) in [6.07, 6.45) is 13.0. The number of rotatable bonds is 6. The van der Waals surface area contributed by atoms with E-state index in [1.165, 1.54) is 19.3 Å². The summed E-state index contributed by atoms with van der Waals surface area (Å²) in [7, 11) is 2.11. The molecule has 2 heterocycles. The van der Waals surface area contributed by atoms with Crippen LogP contribution in [0.3, 0.4) is 0 Å². The summed E-state index contributed by atoms with van der Waals surface area (Å²) in [5, 5.41) is 13.4. The van der Waals surface area contributed by atoms with Gasteiger partial charge in [0.05, 0.1) is 30.7 Å². The van der Waals surface area contributed by atoms with E-state index >= 15 is 0 Å². The third-order valence-corrected chi connectivity index (χ3v) is 5.65. The minimum Gasteiger partial charge on any atom is -0.394 e. The quantitative estimate of drug-likeness (QED) is 0.830. The summed E-state index contributed by atoms with van der Waals surface area (Å²) >= 11 is 0. The van der Waals surface area contributed by atoms with Crippen molar-refractivity contribution in [2.45, 2.75) is 64.5 Å². The number of aliphatic hydroxyl groups is 1. The van der Waals surface area contributed by atoms with Crippen LogP contribution >= 0.6 is 0 Å². The molecule has 138 valence electrons. The van der Waals surface area contributed by atoms with Crippen molar-refractivity contribution in [1.29, 1.82) is 0 Å². The molecule has 5 nitrogen and oxygen atoms in total. The number of nitrogens with zero attached hydrogens (tertiary/aromatic N) is 3. The molecule has 0 spiro atoms. The van der Waals surface area contributed by atoms with Gasteiger partial charge in [-0.25, -0.2) is 4.98 Å². The minimum atomic E-state index is 0.0889. The third-order valence-electron chi connectivity index (χ3n) is 5.65. The fourth-order valence-electron chi connectivity index (χ4n) is 3.90. The molecule has 2 atom stereocenters. The largest absolute Gasteiger partial charge is 0.394 e. The molecule has 0 saturated heterocycles. The van der Waals surface area contributed by atoms with Crippen LogP contribution in [0.15, 0.2) is 18.5 Å². The Labute approximate surface area is 151 Å². The van der Waals surface area contributed by atoms with Gasteiger partial charge in [-0.2, -0.15) is 0 Å². The van der Waals surface area contributed by atoms with Crippen LogP contribution in [0, 0.1) is 11.8 Å². The molecule has 5 heteroatoms. The lowest BCUT2D eigenvalue weighted by molar-refractivity contribution is 0.193. The van der Waals surface area contributed by atoms with Crippen molar-refractivity contribution in [3.63, 3.8) is 0 Å².